The summed E-state index contributed by atoms with van der Waals surface area (Å²) in [4.78, 5) is 5.10. The Balaban J connectivity index is 1.30. The van der Waals surface area contributed by atoms with Crippen LogP contribution in [0.15, 0.2) is 152 Å². The molecule has 6 heterocycles. The lowest BCUT2D eigenvalue weighted by molar-refractivity contribution is 1.19. The summed E-state index contributed by atoms with van der Waals surface area (Å²) in [5.74, 6) is 0. The van der Waals surface area contributed by atoms with Gasteiger partial charge in [0.05, 0.1) is 33.4 Å². The van der Waals surface area contributed by atoms with Gasteiger partial charge in [0, 0.05) is 61.0 Å². The topological polar surface area (TPSA) is 15.8 Å². The third kappa shape index (κ3) is 2.69. The molecule has 4 nitrogen and oxygen atoms in total. The molecule has 13 rings (SSSR count). The fourth-order valence-corrected chi connectivity index (χ4v) is 9.85. The monoisotopic (exact) mass is 620 g/mol. The molecule has 224 valence electrons. The van der Waals surface area contributed by atoms with E-state index >= 15 is 0 Å². The normalized spacial score (nSPS) is 14.0. The Kier molecular flexibility index (Phi) is 4.20. The lowest BCUT2D eigenvalue weighted by atomic mass is 9.36. The van der Waals surface area contributed by atoms with Gasteiger partial charge in [0.25, 0.3) is 6.71 Å². The minimum absolute atomic E-state index is 0.111. The van der Waals surface area contributed by atoms with Crippen molar-refractivity contribution in [1.29, 1.82) is 0 Å². The zero-order valence-corrected chi connectivity index (χ0v) is 26.3. The summed E-state index contributed by atoms with van der Waals surface area (Å²) < 4.78 is 5.14. The van der Waals surface area contributed by atoms with Crippen LogP contribution in [0.25, 0.3) is 54.7 Å². The summed E-state index contributed by atoms with van der Waals surface area (Å²) in [6, 6.07) is 56.1. The van der Waals surface area contributed by atoms with Crippen LogP contribution in [0.4, 0.5) is 34.1 Å². The number of anilines is 6. The summed E-state index contributed by atoms with van der Waals surface area (Å²) >= 11 is 0. The molecule has 0 amide bonds. The SMILES string of the molecule is c1ccc(N2c3cccc4c3B3c5c(cc6c(c5N4c4ccccc4)c4cccc5c7ccccc7n6c54)-n4c3c2c2ccccc24)cc1. The van der Waals surface area contributed by atoms with Crippen molar-refractivity contribution in [3.05, 3.63) is 152 Å². The van der Waals surface area contributed by atoms with Gasteiger partial charge in [-0.1, -0.05) is 97.1 Å². The fraction of sp³-hybridized carbons (Fsp3) is 0. The highest BCUT2D eigenvalue weighted by molar-refractivity contribution is 7.02. The van der Waals surface area contributed by atoms with Crippen LogP contribution in [0.3, 0.4) is 0 Å². The van der Waals surface area contributed by atoms with E-state index in [4.69, 9.17) is 0 Å². The van der Waals surface area contributed by atoms with Gasteiger partial charge in [-0.05, 0) is 65.5 Å². The molecule has 7 aromatic carbocycles. The highest BCUT2D eigenvalue weighted by Crippen LogP contribution is 2.53. The molecular formula is C44H25BN4. The molecule has 0 unspecified atom stereocenters. The number of aromatic nitrogens is 2. The molecule has 0 fully saturated rings. The summed E-state index contributed by atoms with van der Waals surface area (Å²) in [6.07, 6.45) is 0. The molecule has 0 N–H and O–H groups in total. The number of fused-ring (bicyclic) bond motifs is 11. The molecule has 3 aliphatic rings. The van der Waals surface area contributed by atoms with Gasteiger partial charge in [0.1, 0.15) is 0 Å². The molecule has 0 radical (unpaired) electrons. The average Bonchev–Trinajstić information content (AvgIpc) is 3.89. The second kappa shape index (κ2) is 8.33. The summed E-state index contributed by atoms with van der Waals surface area (Å²) in [5.41, 5.74) is 18.0. The Hall–Kier alpha value is -6.46. The first-order chi connectivity index (χ1) is 24.4. The van der Waals surface area contributed by atoms with Crippen molar-refractivity contribution in [1.82, 2.24) is 8.97 Å². The van der Waals surface area contributed by atoms with Crippen LogP contribution in [-0.4, -0.2) is 15.7 Å². The molecule has 49 heavy (non-hydrogen) atoms. The van der Waals surface area contributed by atoms with E-state index in [1.54, 1.807) is 0 Å². The number of rotatable bonds is 2. The van der Waals surface area contributed by atoms with E-state index in [1.165, 1.54) is 105 Å². The number of hydrogen-bond donors (Lipinski definition) is 0. The largest absolute Gasteiger partial charge is 0.320 e. The third-order valence-electron chi connectivity index (χ3n) is 11.5. The third-order valence-corrected chi connectivity index (χ3v) is 11.5. The maximum Gasteiger partial charge on any atom is 0.275 e. The number of hydrogen-bond acceptors (Lipinski definition) is 2. The predicted octanol–water partition coefficient (Wildman–Crippen LogP) is 9.18. The van der Waals surface area contributed by atoms with Gasteiger partial charge in [-0.15, -0.1) is 0 Å². The minimum Gasteiger partial charge on any atom is -0.320 e. The van der Waals surface area contributed by atoms with Crippen molar-refractivity contribution in [2.45, 2.75) is 0 Å². The Morgan fingerprint density at radius 1 is 0.408 bits per heavy atom. The van der Waals surface area contributed by atoms with E-state index in [0.717, 1.165) is 0 Å². The van der Waals surface area contributed by atoms with Crippen LogP contribution in [0.1, 0.15) is 0 Å². The Labute approximate surface area is 281 Å². The van der Waals surface area contributed by atoms with Crippen LogP contribution in [0, 0.1) is 0 Å². The van der Waals surface area contributed by atoms with Crippen LogP contribution in [-0.2, 0) is 0 Å². The molecule has 10 aromatic rings. The number of para-hydroxylation sites is 5. The highest BCUT2D eigenvalue weighted by atomic mass is 15.2. The van der Waals surface area contributed by atoms with Gasteiger partial charge in [-0.2, -0.15) is 0 Å². The van der Waals surface area contributed by atoms with E-state index in [1.807, 2.05) is 0 Å². The van der Waals surface area contributed by atoms with Gasteiger partial charge in [-0.3, -0.25) is 0 Å². The van der Waals surface area contributed by atoms with Gasteiger partial charge in [-0.25, -0.2) is 0 Å². The zero-order chi connectivity index (χ0) is 31.5. The quantitative estimate of drug-likeness (QED) is 0.179. The van der Waals surface area contributed by atoms with E-state index < -0.39 is 0 Å². The second-order valence-corrected chi connectivity index (χ2v) is 13.7. The van der Waals surface area contributed by atoms with Gasteiger partial charge >= 0.3 is 0 Å². The first-order valence-electron chi connectivity index (χ1n) is 17.1. The van der Waals surface area contributed by atoms with Gasteiger partial charge in [0.15, 0.2) is 0 Å². The second-order valence-electron chi connectivity index (χ2n) is 13.7. The Morgan fingerprint density at radius 2 is 1.00 bits per heavy atom. The molecule has 0 saturated heterocycles. The van der Waals surface area contributed by atoms with E-state index in [2.05, 4.69) is 170 Å². The zero-order valence-electron chi connectivity index (χ0n) is 26.3. The van der Waals surface area contributed by atoms with Crippen molar-refractivity contribution in [3.63, 3.8) is 0 Å². The van der Waals surface area contributed by atoms with Crippen molar-refractivity contribution in [3.8, 4) is 5.69 Å². The van der Waals surface area contributed by atoms with Crippen molar-refractivity contribution < 1.29 is 0 Å². The maximum absolute atomic E-state index is 2.60. The Morgan fingerprint density at radius 3 is 1.76 bits per heavy atom. The maximum atomic E-state index is 2.60. The molecule has 0 saturated carbocycles. The highest BCUT2D eigenvalue weighted by Gasteiger charge is 2.52. The van der Waals surface area contributed by atoms with Crippen LogP contribution < -0.4 is 26.3 Å². The van der Waals surface area contributed by atoms with Gasteiger partial charge in [0.2, 0.25) is 0 Å². The van der Waals surface area contributed by atoms with E-state index in [0.29, 0.717) is 0 Å². The predicted molar refractivity (Wildman–Crippen MR) is 206 cm³/mol. The molecule has 3 aromatic heterocycles. The smallest absolute Gasteiger partial charge is 0.275 e. The van der Waals surface area contributed by atoms with Crippen molar-refractivity contribution in [2.24, 2.45) is 0 Å². The Bertz CT molecular complexity index is 3070. The van der Waals surface area contributed by atoms with Crippen LogP contribution >= 0.6 is 0 Å². The molecular weight excluding hydrogens is 595 g/mol. The minimum atomic E-state index is 0.111. The molecule has 3 aliphatic heterocycles. The first kappa shape index (κ1) is 24.7. The number of benzene rings is 7. The lowest BCUT2D eigenvalue weighted by Crippen LogP contribution is -2.59. The summed E-state index contributed by atoms with van der Waals surface area (Å²) in [7, 11) is 0. The van der Waals surface area contributed by atoms with Crippen LogP contribution in [0.5, 0.6) is 0 Å². The van der Waals surface area contributed by atoms with E-state index in [-0.39, 0.29) is 6.71 Å². The van der Waals surface area contributed by atoms with Crippen LogP contribution in [0.2, 0.25) is 0 Å². The van der Waals surface area contributed by atoms with Crippen molar-refractivity contribution >= 4 is 106 Å². The van der Waals surface area contributed by atoms with Crippen molar-refractivity contribution in [2.75, 3.05) is 9.80 Å². The summed E-state index contributed by atoms with van der Waals surface area (Å²) in [6.45, 7) is 0.111. The molecule has 5 heteroatoms. The lowest BCUT2D eigenvalue weighted by Gasteiger charge is -2.42. The van der Waals surface area contributed by atoms with E-state index in [9.17, 15) is 0 Å². The molecule has 0 atom stereocenters. The average molecular weight is 621 g/mol. The van der Waals surface area contributed by atoms with Gasteiger partial charge < -0.3 is 18.8 Å². The standard InChI is InChI=1S/C44H25BN4/c1-3-13-26(14-4-1)46-34-23-12-24-35-39(34)45-40-37(49-33-22-10-8-18-30(33)42(46)44(45)49)25-36-38(43(40)47(35)27-15-5-2-6-16-27)31-20-11-19-29-28-17-7-9-21-32(28)48(36)41(29)31/h1-25H. The fourth-order valence-electron chi connectivity index (χ4n) is 9.85. The number of nitrogens with zero attached hydrogens (tertiary/aromatic N) is 4. The molecule has 0 aliphatic carbocycles. The molecule has 0 bridgehead atoms. The first-order valence-corrected chi connectivity index (χ1v) is 17.1. The summed E-state index contributed by atoms with van der Waals surface area (Å²) in [5, 5.41) is 6.54. The molecule has 0 spiro atoms.